The monoisotopic (exact) mass is 1140 g/mol. The first-order valence-electron chi connectivity index (χ1n) is 28.2. The van der Waals surface area contributed by atoms with Gasteiger partial charge in [-0.3, -0.25) is 38.7 Å². The average molecular weight is 1140 g/mol. The molecule has 6 aliphatic rings. The number of aliphatic hydroxyl groups is 1. The number of piperidine rings is 1. The molecule has 1 aromatic carbocycles. The van der Waals surface area contributed by atoms with Crippen LogP contribution >= 0.6 is 0 Å². The van der Waals surface area contributed by atoms with Crippen LogP contribution in [0, 0.1) is 54.3 Å². The van der Waals surface area contributed by atoms with Crippen molar-refractivity contribution in [3.63, 3.8) is 0 Å². The molecule has 1 aromatic rings. The normalized spacial score (nSPS) is 28.1. The van der Waals surface area contributed by atoms with Gasteiger partial charge < -0.3 is 59.0 Å². The number of allylic oxidation sites excluding steroid dienone is 5. The number of nitrogens with zero attached hydrogens (tertiary/aromatic N) is 4. The number of phenols is 1. The molecular formula is C60H82N6O16. The molecule has 1 fully saturated rings. The van der Waals surface area contributed by atoms with Crippen LogP contribution in [0.2, 0.25) is 0 Å². The summed E-state index contributed by atoms with van der Waals surface area (Å²) in [5, 5.41) is 29.3. The predicted octanol–water partition coefficient (Wildman–Crippen LogP) is 5.36. The SMILES string of the molecule is COC(=O)N1C2=C3NC(=O)/C(C)=C\C=C\[C@H](C)[C@H](OC(=O)CN(C)CCOC(=O)CNC(=O)CCC(C=O)C=O)[C@@H](C)[C@@H](O)[C@@H](C)[C@H](C)[C@H](C)[C@@H](C)/C=C/O[C@@]4(C)Oc5c(C)c(O)c(c(c5C4=O)C2=NC12CCN(CC(C)C)CC2)C3=O. The summed E-state index contributed by atoms with van der Waals surface area (Å²) in [6.45, 7) is 21.3. The lowest BCUT2D eigenvalue weighted by atomic mass is 9.72. The topological polar surface area (TPSA) is 286 Å². The zero-order valence-corrected chi connectivity index (χ0v) is 49.5. The number of rotatable bonds is 15. The molecule has 0 aromatic heterocycles. The fraction of sp³-hybridized carbons (Fsp3) is 0.600. The number of hydrogen-bond donors (Lipinski definition) is 4. The molecule has 0 saturated carbocycles. The maximum Gasteiger partial charge on any atom is 0.416 e. The zero-order valence-electron chi connectivity index (χ0n) is 49.5. The van der Waals surface area contributed by atoms with E-state index < -0.39 is 95.1 Å². The summed E-state index contributed by atoms with van der Waals surface area (Å²) in [4.78, 5) is 129. The number of aromatic hydroxyl groups is 1. The Morgan fingerprint density at radius 3 is 2.24 bits per heavy atom. The molecule has 448 valence electrons. The van der Waals surface area contributed by atoms with E-state index in [4.69, 9.17) is 28.7 Å². The van der Waals surface area contributed by atoms with Crippen LogP contribution in [-0.2, 0) is 47.7 Å². The molecule has 1 aliphatic carbocycles. The highest BCUT2D eigenvalue weighted by Gasteiger charge is 2.58. The van der Waals surface area contributed by atoms with Crippen molar-refractivity contribution >= 4 is 59.7 Å². The fourth-order valence-corrected chi connectivity index (χ4v) is 11.3. The van der Waals surface area contributed by atoms with Crippen molar-refractivity contribution in [3.05, 3.63) is 69.8 Å². The van der Waals surface area contributed by atoms with E-state index in [9.17, 15) is 43.8 Å². The average Bonchev–Trinajstić information content (AvgIpc) is 1.65. The minimum atomic E-state index is -2.00. The van der Waals surface area contributed by atoms with Gasteiger partial charge in [0.2, 0.25) is 11.7 Å². The summed E-state index contributed by atoms with van der Waals surface area (Å²) < 4.78 is 29.4. The lowest BCUT2D eigenvalue weighted by molar-refractivity contribution is -0.159. The third kappa shape index (κ3) is 13.7. The molecule has 22 nitrogen and oxygen atoms in total. The number of ether oxygens (including phenoxy) is 5. The van der Waals surface area contributed by atoms with Crippen LogP contribution in [0.25, 0.3) is 0 Å². The second-order valence-electron chi connectivity index (χ2n) is 23.2. The van der Waals surface area contributed by atoms with Crippen LogP contribution in [0.1, 0.15) is 127 Å². The Balaban J connectivity index is 1.34. The highest BCUT2D eigenvalue weighted by molar-refractivity contribution is 6.35. The molecule has 7 rings (SSSR count). The number of aldehydes is 2. The third-order valence-corrected chi connectivity index (χ3v) is 16.9. The zero-order chi connectivity index (χ0) is 60.7. The van der Waals surface area contributed by atoms with Gasteiger partial charge >= 0.3 is 23.8 Å². The van der Waals surface area contributed by atoms with Crippen molar-refractivity contribution in [1.82, 2.24) is 25.3 Å². The quantitative estimate of drug-likeness (QED) is 0.0744. The number of Topliss-reactive ketones (excluding diaryl/α,β-unsaturated/α-hetero) is 2. The maximum atomic E-state index is 15.2. The standard InChI is InChI=1S/C60H82N6O16/c1-32(2)28-65-22-20-60(21-23-65)63-48-45-46-52(73)40(10)55-47(45)56(75)59(11,82-55)80-25-19-33(3)36(6)37(7)38(8)51(72)39(9)54(34(4)15-14-16-35(5)57(76)62-49(53(46)74)50(48)66(60)58(77)78-13)81-44(71)29-64(12)24-26-79-43(70)27-61-42(69)18-17-41(30-67)31-68/h14-16,19,25,30-34,36-39,41,51,54,72-73H,17-18,20-24,26-29H2,1-13H3,(H,61,69)(H,62,76)/b15-14+,25-19+,35-16-/t33-,34-,36+,37+,38-,39-,51-,54-,59-/m0/s1. The second-order valence-corrected chi connectivity index (χ2v) is 23.2. The molecule has 4 N–H and O–H groups in total. The highest BCUT2D eigenvalue weighted by atomic mass is 16.7. The lowest BCUT2D eigenvalue weighted by Gasteiger charge is -2.43. The number of phenolic OH excluding ortho intramolecular Hbond substituents is 1. The summed E-state index contributed by atoms with van der Waals surface area (Å²) in [5.74, 6) is -9.35. The molecule has 1 spiro atoms. The lowest BCUT2D eigenvalue weighted by Crippen LogP contribution is -2.54. The molecule has 3 amide bonds. The van der Waals surface area contributed by atoms with Crippen molar-refractivity contribution < 1.29 is 77.0 Å². The number of aliphatic hydroxyl groups excluding tert-OH is 1. The molecule has 82 heavy (non-hydrogen) atoms. The number of likely N-dealkylation sites (N-methyl/N-ethyl adjacent to an activating group) is 1. The summed E-state index contributed by atoms with van der Waals surface area (Å²) in [5.41, 5.74) is -2.10. The Hall–Kier alpha value is -7.04. The number of methoxy groups -OCH3 is 1. The Labute approximate surface area is 479 Å². The summed E-state index contributed by atoms with van der Waals surface area (Å²) in [6.07, 6.45) is 6.54. The molecule has 22 heteroatoms. The number of aliphatic imine (C=N–C) groups is 1. The number of fused-ring (bicyclic) bond motifs is 13. The van der Waals surface area contributed by atoms with Gasteiger partial charge in [-0.2, -0.15) is 0 Å². The van der Waals surface area contributed by atoms with Gasteiger partial charge in [-0.1, -0.05) is 73.6 Å². The van der Waals surface area contributed by atoms with Crippen molar-refractivity contribution in [2.75, 3.05) is 60.0 Å². The van der Waals surface area contributed by atoms with Crippen molar-refractivity contribution in [2.24, 2.45) is 52.3 Å². The molecule has 5 heterocycles. The Kier molecular flexibility index (Phi) is 21.0. The number of esters is 2. The number of benzene rings is 1. The highest BCUT2D eigenvalue weighted by Crippen LogP contribution is 2.52. The molecular weight excluding hydrogens is 1060 g/mol. The third-order valence-electron chi connectivity index (χ3n) is 16.9. The first-order chi connectivity index (χ1) is 38.6. The van der Waals surface area contributed by atoms with Gasteiger partial charge in [0.05, 0.1) is 48.8 Å². The first kappa shape index (κ1) is 64.1. The van der Waals surface area contributed by atoms with Crippen LogP contribution in [0.5, 0.6) is 11.5 Å². The van der Waals surface area contributed by atoms with Crippen LogP contribution in [0.3, 0.4) is 0 Å². The van der Waals surface area contributed by atoms with Crippen LogP contribution in [-0.4, -0.2) is 168 Å². The summed E-state index contributed by atoms with van der Waals surface area (Å²) >= 11 is 0. The largest absolute Gasteiger partial charge is 0.507 e. The minimum Gasteiger partial charge on any atom is -0.507 e. The maximum absolute atomic E-state index is 15.2. The first-order valence-corrected chi connectivity index (χ1v) is 28.2. The van der Waals surface area contributed by atoms with Gasteiger partial charge in [-0.05, 0) is 63.0 Å². The number of amides is 3. The second kappa shape index (κ2) is 26.9. The number of nitrogens with one attached hydrogen (secondary N) is 2. The van der Waals surface area contributed by atoms with E-state index in [0.717, 1.165) is 6.54 Å². The fourth-order valence-electron chi connectivity index (χ4n) is 11.3. The van der Waals surface area contributed by atoms with Crippen LogP contribution < -0.4 is 15.4 Å². The number of ketones is 2. The van der Waals surface area contributed by atoms with Gasteiger partial charge in [0.25, 0.3) is 11.7 Å². The molecule has 0 radical (unpaired) electrons. The van der Waals surface area contributed by atoms with Crippen LogP contribution in [0.4, 0.5) is 4.79 Å². The molecule has 5 aliphatic heterocycles. The Morgan fingerprint density at radius 1 is 0.939 bits per heavy atom. The van der Waals surface area contributed by atoms with E-state index in [1.165, 1.54) is 45.1 Å². The number of carbonyl (C=O) groups is 9. The Bertz CT molecular complexity index is 2820. The summed E-state index contributed by atoms with van der Waals surface area (Å²) in [7, 11) is 2.82. The van der Waals surface area contributed by atoms with Gasteiger partial charge in [-0.25, -0.2) is 9.69 Å². The van der Waals surface area contributed by atoms with Gasteiger partial charge in [0.15, 0.2) is 0 Å². The van der Waals surface area contributed by atoms with E-state index in [1.807, 2.05) is 27.7 Å². The van der Waals surface area contributed by atoms with Crippen molar-refractivity contribution in [1.29, 1.82) is 0 Å². The van der Waals surface area contributed by atoms with E-state index in [1.54, 1.807) is 44.0 Å². The molecule has 0 unspecified atom stereocenters. The Morgan fingerprint density at radius 2 is 1.61 bits per heavy atom. The molecule has 5 bridgehead atoms. The smallest absolute Gasteiger partial charge is 0.416 e. The predicted molar refractivity (Wildman–Crippen MR) is 300 cm³/mol. The minimum absolute atomic E-state index is 0.00995. The summed E-state index contributed by atoms with van der Waals surface area (Å²) in [6, 6.07) is 0. The number of hydrogen-bond acceptors (Lipinski definition) is 19. The van der Waals surface area contributed by atoms with Crippen molar-refractivity contribution in [2.45, 2.75) is 126 Å². The van der Waals surface area contributed by atoms with Crippen LogP contribution in [0.15, 0.2) is 52.5 Å². The molecule has 9 atom stereocenters. The number of carbonyl (C=O) groups excluding carboxylic acids is 9. The molecule has 1 saturated heterocycles. The van der Waals surface area contributed by atoms with Gasteiger partial charge in [-0.15, -0.1) is 0 Å². The van der Waals surface area contributed by atoms with Crippen molar-refractivity contribution in [3.8, 4) is 11.5 Å². The van der Waals surface area contributed by atoms with Gasteiger partial charge in [0, 0.05) is 80.9 Å². The number of likely N-dealkylation sites (tertiary alicyclic amines) is 1. The van der Waals surface area contributed by atoms with E-state index >= 15 is 9.59 Å². The van der Waals surface area contributed by atoms with E-state index in [2.05, 4.69) is 29.4 Å². The van der Waals surface area contributed by atoms with Gasteiger partial charge in [0.1, 0.15) is 60.4 Å². The van der Waals surface area contributed by atoms with E-state index in [-0.39, 0.29) is 107 Å². The van der Waals surface area contributed by atoms with E-state index in [0.29, 0.717) is 44.4 Å².